The van der Waals surface area contributed by atoms with E-state index in [1.54, 1.807) is 0 Å². The Hall–Kier alpha value is -2.05. The lowest BCUT2D eigenvalue weighted by atomic mass is 9.68. The maximum atomic E-state index is 15.3. The van der Waals surface area contributed by atoms with Crippen LogP contribution in [0.25, 0.3) is 0 Å². The number of halogens is 7. The van der Waals surface area contributed by atoms with Crippen LogP contribution in [-0.2, 0) is 6.18 Å². The summed E-state index contributed by atoms with van der Waals surface area (Å²) in [5.74, 6) is -2.55. The van der Waals surface area contributed by atoms with Gasteiger partial charge >= 0.3 is 6.18 Å². The molecule has 0 unspecified atom stereocenters. The van der Waals surface area contributed by atoms with E-state index in [1.807, 2.05) is 0 Å². The zero-order valence-corrected chi connectivity index (χ0v) is 22.4. The van der Waals surface area contributed by atoms with Gasteiger partial charge < -0.3 is 0 Å². The predicted molar refractivity (Wildman–Crippen MR) is 137 cm³/mol. The molecule has 2 aromatic rings. The lowest BCUT2D eigenvalue weighted by molar-refractivity contribution is -0.142. The van der Waals surface area contributed by atoms with Crippen molar-refractivity contribution in [1.82, 2.24) is 0 Å². The molecular formula is C32H37F7. The summed E-state index contributed by atoms with van der Waals surface area (Å²) < 4.78 is 97.4. The van der Waals surface area contributed by atoms with Crippen molar-refractivity contribution in [3.63, 3.8) is 0 Å². The van der Waals surface area contributed by atoms with Gasteiger partial charge in [-0.25, -0.2) is 17.6 Å². The Morgan fingerprint density at radius 1 is 0.513 bits per heavy atom. The van der Waals surface area contributed by atoms with Crippen molar-refractivity contribution in [3.8, 4) is 0 Å². The van der Waals surface area contributed by atoms with Crippen LogP contribution in [0.5, 0.6) is 0 Å². The fourth-order valence-corrected chi connectivity index (χ4v) is 7.73. The van der Waals surface area contributed by atoms with Crippen molar-refractivity contribution in [3.05, 3.63) is 69.8 Å². The Labute approximate surface area is 226 Å². The number of rotatable bonds is 4. The van der Waals surface area contributed by atoms with Gasteiger partial charge in [0.2, 0.25) is 0 Å². The van der Waals surface area contributed by atoms with E-state index in [0.717, 1.165) is 61.1 Å². The minimum absolute atomic E-state index is 0.0620. The van der Waals surface area contributed by atoms with Crippen LogP contribution in [0.2, 0.25) is 0 Å². The van der Waals surface area contributed by atoms with Crippen molar-refractivity contribution >= 4 is 0 Å². The van der Waals surface area contributed by atoms with E-state index in [4.69, 9.17) is 0 Å². The maximum absolute atomic E-state index is 15.3. The largest absolute Gasteiger partial charge is 0.422 e. The van der Waals surface area contributed by atoms with Gasteiger partial charge in [0.05, 0.1) is 0 Å². The van der Waals surface area contributed by atoms with Gasteiger partial charge in [-0.1, -0.05) is 19.8 Å². The lowest BCUT2D eigenvalue weighted by Gasteiger charge is -2.37. The first kappa shape index (κ1) is 28.5. The summed E-state index contributed by atoms with van der Waals surface area (Å²) in [6, 6.07) is 4.49. The molecule has 0 atom stereocenters. The molecule has 0 N–H and O–H groups in total. The van der Waals surface area contributed by atoms with E-state index in [1.165, 1.54) is 37.8 Å². The molecule has 0 spiro atoms. The summed E-state index contributed by atoms with van der Waals surface area (Å²) in [5.41, 5.74) is -0.937. The average Bonchev–Trinajstić information content (AvgIpc) is 2.88. The topological polar surface area (TPSA) is 0 Å². The molecule has 0 aromatic heterocycles. The fraction of sp³-hybridized carbons (Fsp3) is 0.625. The Kier molecular flexibility index (Phi) is 8.36. The van der Waals surface area contributed by atoms with Gasteiger partial charge in [0.15, 0.2) is 0 Å². The summed E-state index contributed by atoms with van der Waals surface area (Å²) in [6.45, 7) is 2.33. The van der Waals surface area contributed by atoms with Crippen LogP contribution in [0.3, 0.4) is 0 Å². The van der Waals surface area contributed by atoms with Gasteiger partial charge in [0, 0.05) is 5.56 Å². The summed E-state index contributed by atoms with van der Waals surface area (Å²) >= 11 is 0. The third-order valence-corrected chi connectivity index (χ3v) is 10.0. The van der Waals surface area contributed by atoms with Crippen LogP contribution in [0.1, 0.15) is 124 Å². The molecule has 0 saturated heterocycles. The molecule has 0 nitrogen and oxygen atoms in total. The highest BCUT2D eigenvalue weighted by atomic mass is 19.4. The van der Waals surface area contributed by atoms with Gasteiger partial charge in [0.25, 0.3) is 0 Å². The van der Waals surface area contributed by atoms with Crippen LogP contribution in [-0.4, -0.2) is 0 Å². The Balaban J connectivity index is 1.21. The zero-order valence-electron chi connectivity index (χ0n) is 22.4. The highest BCUT2D eigenvalue weighted by molar-refractivity contribution is 5.34. The Bertz CT molecular complexity index is 1100. The van der Waals surface area contributed by atoms with Crippen LogP contribution < -0.4 is 0 Å². The van der Waals surface area contributed by atoms with E-state index in [0.29, 0.717) is 25.7 Å². The molecule has 0 radical (unpaired) electrons. The third-order valence-electron chi connectivity index (χ3n) is 10.0. The molecule has 39 heavy (non-hydrogen) atoms. The van der Waals surface area contributed by atoms with Crippen LogP contribution >= 0.6 is 0 Å². The Morgan fingerprint density at radius 3 is 1.31 bits per heavy atom. The second kappa shape index (κ2) is 11.4. The molecule has 0 aliphatic heterocycles. The van der Waals surface area contributed by atoms with Crippen molar-refractivity contribution in [1.29, 1.82) is 0 Å². The molecule has 214 valence electrons. The zero-order chi connectivity index (χ0) is 27.9. The van der Waals surface area contributed by atoms with E-state index in [9.17, 15) is 22.0 Å². The van der Waals surface area contributed by atoms with Gasteiger partial charge in [-0.3, -0.25) is 0 Å². The minimum atomic E-state index is -5.11. The number of benzene rings is 2. The fourth-order valence-electron chi connectivity index (χ4n) is 7.73. The van der Waals surface area contributed by atoms with Crippen molar-refractivity contribution < 1.29 is 30.7 Å². The van der Waals surface area contributed by atoms with E-state index in [-0.39, 0.29) is 28.9 Å². The molecule has 3 aliphatic carbocycles. The molecule has 5 rings (SSSR count). The van der Waals surface area contributed by atoms with Crippen LogP contribution in [0, 0.1) is 41.0 Å². The normalized spacial score (nSPS) is 30.4. The van der Waals surface area contributed by atoms with E-state index >= 15 is 8.78 Å². The van der Waals surface area contributed by atoms with Crippen molar-refractivity contribution in [2.45, 2.75) is 108 Å². The first-order valence-corrected chi connectivity index (χ1v) is 14.6. The SMILES string of the molecule is CC1CCC(C2CCC(c3cc(F)c(C4CCC(c5cc(F)c(C(F)(F)F)c(F)c5)CC4)c(F)c3)CC2)CC1. The smallest absolute Gasteiger partial charge is 0.207 e. The van der Waals surface area contributed by atoms with Crippen LogP contribution in [0.4, 0.5) is 30.7 Å². The predicted octanol–water partition coefficient (Wildman–Crippen LogP) is 10.8. The van der Waals surface area contributed by atoms with Gasteiger partial charge in [-0.2, -0.15) is 13.2 Å². The van der Waals surface area contributed by atoms with E-state index < -0.39 is 35.0 Å². The molecule has 3 saturated carbocycles. The first-order valence-electron chi connectivity index (χ1n) is 14.6. The molecule has 7 heteroatoms. The second-order valence-corrected chi connectivity index (χ2v) is 12.4. The van der Waals surface area contributed by atoms with Gasteiger partial charge in [0.1, 0.15) is 28.8 Å². The molecule has 3 fully saturated rings. The molecule has 2 aromatic carbocycles. The van der Waals surface area contributed by atoms with Gasteiger partial charge in [-0.15, -0.1) is 0 Å². The number of hydrogen-bond acceptors (Lipinski definition) is 0. The highest BCUT2D eigenvalue weighted by Crippen LogP contribution is 2.46. The number of alkyl halides is 3. The van der Waals surface area contributed by atoms with Crippen molar-refractivity contribution in [2.24, 2.45) is 17.8 Å². The van der Waals surface area contributed by atoms with Gasteiger partial charge in [-0.05, 0) is 135 Å². The van der Waals surface area contributed by atoms with Crippen molar-refractivity contribution in [2.75, 3.05) is 0 Å². The quantitative estimate of drug-likeness (QED) is 0.330. The Morgan fingerprint density at radius 2 is 0.872 bits per heavy atom. The minimum Gasteiger partial charge on any atom is -0.207 e. The van der Waals surface area contributed by atoms with E-state index in [2.05, 4.69) is 6.92 Å². The summed E-state index contributed by atoms with van der Waals surface area (Å²) in [5, 5.41) is 0. The summed E-state index contributed by atoms with van der Waals surface area (Å²) in [4.78, 5) is 0. The molecule has 0 bridgehead atoms. The first-order chi connectivity index (χ1) is 18.5. The number of hydrogen-bond donors (Lipinski definition) is 0. The molecule has 3 aliphatic rings. The molecule has 0 heterocycles. The van der Waals surface area contributed by atoms with Crippen LogP contribution in [0.15, 0.2) is 24.3 Å². The lowest BCUT2D eigenvalue weighted by Crippen LogP contribution is -2.25. The monoisotopic (exact) mass is 554 g/mol. The summed E-state index contributed by atoms with van der Waals surface area (Å²) in [7, 11) is 0. The maximum Gasteiger partial charge on any atom is 0.422 e. The molecule has 0 amide bonds. The third kappa shape index (κ3) is 6.17. The summed E-state index contributed by atoms with van der Waals surface area (Å²) in [6.07, 6.45) is 5.83. The highest BCUT2D eigenvalue weighted by Gasteiger charge is 2.39. The molecular weight excluding hydrogens is 517 g/mol. The standard InChI is InChI=1S/C32H37F7/c1-18-2-4-19(5-3-18)20-6-8-21(9-7-20)24-14-26(33)30(27(34)15-24)23-12-10-22(11-13-23)25-16-28(35)31(29(36)17-25)32(37,38)39/h14-23H,2-13H2,1H3. The second-order valence-electron chi connectivity index (χ2n) is 12.4. The average molecular weight is 555 g/mol.